The highest BCUT2D eigenvalue weighted by molar-refractivity contribution is 7.48. The molecule has 0 amide bonds. The van der Waals surface area contributed by atoms with Gasteiger partial charge in [-0.05, 0) is 0 Å². The highest BCUT2D eigenvalue weighted by Crippen LogP contribution is 2.47. The van der Waals surface area contributed by atoms with Crippen molar-refractivity contribution < 1.29 is 22.5 Å². The summed E-state index contributed by atoms with van der Waals surface area (Å²) < 4.78 is 34.9. The van der Waals surface area contributed by atoms with Crippen LogP contribution < -0.4 is 0 Å². The zero-order chi connectivity index (χ0) is 8.04. The molecule has 0 aromatic carbocycles. The Balaban J connectivity index is 3.94. The second kappa shape index (κ2) is 4.44. The summed E-state index contributed by atoms with van der Waals surface area (Å²) >= 11 is 0. The van der Waals surface area contributed by atoms with E-state index < -0.39 is 7.82 Å². The van der Waals surface area contributed by atoms with Crippen LogP contribution in [-0.2, 0) is 18.1 Å². The van der Waals surface area contributed by atoms with E-state index in [2.05, 4.69) is 13.6 Å². The molecule has 0 aliphatic carbocycles. The molecule has 0 saturated heterocycles. The first kappa shape index (κ1) is 9.62. The Bertz CT molecular complexity index is 149. The summed E-state index contributed by atoms with van der Waals surface area (Å²) in [6.45, 7) is 0. The highest BCUT2D eigenvalue weighted by Gasteiger charge is 2.21. The van der Waals surface area contributed by atoms with Crippen LogP contribution in [0.2, 0.25) is 0 Å². The quantitative estimate of drug-likeness (QED) is 0.477. The predicted octanol–water partition coefficient (Wildman–Crippen LogP) is 1.84. The van der Waals surface area contributed by atoms with Crippen molar-refractivity contribution in [1.29, 1.82) is 0 Å². The third kappa shape index (κ3) is 2.96. The topological polar surface area (TPSA) is 44.8 Å². The normalized spacial score (nSPS) is 12.3. The van der Waals surface area contributed by atoms with E-state index in [1.807, 2.05) is 0 Å². The average molecular weight is 170 g/mol. The number of hydrogen-bond donors (Lipinski definition) is 0. The molecule has 0 aliphatic heterocycles. The largest absolute Gasteiger partial charge is 0.529 e. The summed E-state index contributed by atoms with van der Waals surface area (Å²) in [6.07, 6.45) is 0.679. The second-order valence-electron chi connectivity index (χ2n) is 1.18. The molecule has 0 aromatic heterocycles. The lowest BCUT2D eigenvalue weighted by Crippen LogP contribution is -1.88. The molecule has 0 saturated carbocycles. The Morgan fingerprint density at radius 1 is 1.40 bits per heavy atom. The lowest BCUT2D eigenvalue weighted by molar-refractivity contribution is 0.192. The van der Waals surface area contributed by atoms with Crippen LogP contribution in [0.4, 0.5) is 4.39 Å². The van der Waals surface area contributed by atoms with Crippen molar-refractivity contribution in [3.05, 3.63) is 12.6 Å². The molecular formula is C4H8FO4P. The molecule has 10 heavy (non-hydrogen) atoms. The van der Waals surface area contributed by atoms with Crippen molar-refractivity contribution >= 4 is 7.82 Å². The molecule has 0 aliphatic rings. The van der Waals surface area contributed by atoms with Gasteiger partial charge in [-0.1, -0.05) is 0 Å². The van der Waals surface area contributed by atoms with Gasteiger partial charge in [-0.2, -0.15) is 0 Å². The second-order valence-corrected chi connectivity index (χ2v) is 3.02. The van der Waals surface area contributed by atoms with Gasteiger partial charge in [-0.15, -0.1) is 0 Å². The molecule has 60 valence electrons. The molecule has 0 aromatic rings. The first-order valence-electron chi connectivity index (χ1n) is 2.33. The molecule has 0 rings (SSSR count). The minimum Gasteiger partial charge on any atom is -0.410 e. The molecule has 0 fully saturated rings. The van der Waals surface area contributed by atoms with Crippen LogP contribution in [0.25, 0.3) is 0 Å². The standard InChI is InChI=1S/C4H8FO4P/c1-7-10(6,8-2)9-4-3-5/h3-4H,1-2H3. The van der Waals surface area contributed by atoms with E-state index in [1.54, 1.807) is 0 Å². The van der Waals surface area contributed by atoms with Crippen LogP contribution >= 0.6 is 7.82 Å². The third-order valence-corrected chi connectivity index (χ3v) is 1.96. The fourth-order valence-electron chi connectivity index (χ4n) is 0.258. The molecule has 0 bridgehead atoms. The Hall–Kier alpha value is -0.380. The maximum absolute atomic E-state index is 11.3. The van der Waals surface area contributed by atoms with E-state index in [4.69, 9.17) is 0 Å². The molecule has 0 atom stereocenters. The van der Waals surface area contributed by atoms with Crippen LogP contribution in [0.3, 0.4) is 0 Å². The fourth-order valence-corrected chi connectivity index (χ4v) is 0.774. The zero-order valence-corrected chi connectivity index (χ0v) is 6.51. The molecule has 0 spiro atoms. The minimum atomic E-state index is -3.52. The van der Waals surface area contributed by atoms with Crippen molar-refractivity contribution in [3.63, 3.8) is 0 Å². The highest BCUT2D eigenvalue weighted by atomic mass is 31.2. The van der Waals surface area contributed by atoms with Gasteiger partial charge >= 0.3 is 7.82 Å². The van der Waals surface area contributed by atoms with Crippen LogP contribution in [-0.4, -0.2) is 14.2 Å². The first-order chi connectivity index (χ1) is 4.68. The van der Waals surface area contributed by atoms with Gasteiger partial charge in [0.25, 0.3) is 0 Å². The molecule has 0 N–H and O–H groups in total. The smallest absolute Gasteiger partial charge is 0.410 e. The summed E-state index contributed by atoms with van der Waals surface area (Å²) in [6, 6.07) is 0. The van der Waals surface area contributed by atoms with E-state index >= 15 is 0 Å². The van der Waals surface area contributed by atoms with Crippen LogP contribution in [0.5, 0.6) is 0 Å². The van der Waals surface area contributed by atoms with Crippen LogP contribution in [0.1, 0.15) is 0 Å². The van der Waals surface area contributed by atoms with Gasteiger partial charge in [0.15, 0.2) is 0 Å². The number of hydrogen-bond acceptors (Lipinski definition) is 4. The maximum Gasteiger partial charge on any atom is 0.529 e. The van der Waals surface area contributed by atoms with E-state index in [9.17, 15) is 8.96 Å². The van der Waals surface area contributed by atoms with E-state index in [1.165, 1.54) is 0 Å². The van der Waals surface area contributed by atoms with Gasteiger partial charge < -0.3 is 4.52 Å². The summed E-state index contributed by atoms with van der Waals surface area (Å²) in [5.74, 6) is 0. The van der Waals surface area contributed by atoms with Crippen molar-refractivity contribution in [2.75, 3.05) is 14.2 Å². The van der Waals surface area contributed by atoms with E-state index in [0.29, 0.717) is 6.26 Å². The fraction of sp³-hybridized carbons (Fsp3) is 0.500. The Labute approximate surface area is 58.2 Å². The number of rotatable bonds is 4. The Kier molecular flexibility index (Phi) is 4.27. The minimum absolute atomic E-state index is 0.0880. The third-order valence-electron chi connectivity index (χ3n) is 0.689. The number of phosphoric acid groups is 1. The summed E-state index contributed by atoms with van der Waals surface area (Å²) in [5.41, 5.74) is 0. The molecule has 6 heteroatoms. The lowest BCUT2D eigenvalue weighted by Gasteiger charge is -2.09. The molecule has 0 unspecified atom stereocenters. The zero-order valence-electron chi connectivity index (χ0n) is 5.61. The molecular weight excluding hydrogens is 162 g/mol. The van der Waals surface area contributed by atoms with Gasteiger partial charge in [-0.25, -0.2) is 8.96 Å². The van der Waals surface area contributed by atoms with E-state index in [0.717, 1.165) is 14.2 Å². The number of phosphoric ester groups is 1. The summed E-state index contributed by atoms with van der Waals surface area (Å²) in [7, 11) is -1.25. The van der Waals surface area contributed by atoms with Crippen molar-refractivity contribution in [1.82, 2.24) is 0 Å². The van der Waals surface area contributed by atoms with Gasteiger partial charge in [0.2, 0.25) is 0 Å². The SMILES string of the molecule is COP(=O)(OC)OC=CF. The molecule has 0 heterocycles. The summed E-state index contributed by atoms with van der Waals surface area (Å²) in [5, 5.41) is 0. The van der Waals surface area contributed by atoms with Crippen molar-refractivity contribution in [2.45, 2.75) is 0 Å². The van der Waals surface area contributed by atoms with Gasteiger partial charge in [0.05, 0.1) is 0 Å². The van der Waals surface area contributed by atoms with E-state index in [-0.39, 0.29) is 6.33 Å². The Morgan fingerprint density at radius 3 is 2.20 bits per heavy atom. The monoisotopic (exact) mass is 170 g/mol. The average Bonchev–Trinajstić information content (AvgIpc) is 2.00. The van der Waals surface area contributed by atoms with Crippen molar-refractivity contribution in [2.24, 2.45) is 0 Å². The van der Waals surface area contributed by atoms with Gasteiger partial charge in [-0.3, -0.25) is 9.05 Å². The lowest BCUT2D eigenvalue weighted by atomic mass is 11.1. The molecule has 0 radical (unpaired) electrons. The number of halogens is 1. The first-order valence-corrected chi connectivity index (χ1v) is 3.79. The Morgan fingerprint density at radius 2 is 1.90 bits per heavy atom. The van der Waals surface area contributed by atoms with Gasteiger partial charge in [0, 0.05) is 14.2 Å². The predicted molar refractivity (Wildman–Crippen MR) is 33.0 cm³/mol. The van der Waals surface area contributed by atoms with Crippen molar-refractivity contribution in [3.8, 4) is 0 Å². The molecule has 4 nitrogen and oxygen atoms in total. The maximum atomic E-state index is 11.3. The summed E-state index contributed by atoms with van der Waals surface area (Å²) in [4.78, 5) is 0. The van der Waals surface area contributed by atoms with Crippen LogP contribution in [0, 0.1) is 0 Å². The van der Waals surface area contributed by atoms with Crippen LogP contribution in [0.15, 0.2) is 12.6 Å². The van der Waals surface area contributed by atoms with Gasteiger partial charge in [0.1, 0.15) is 12.6 Å².